The fourth-order valence-corrected chi connectivity index (χ4v) is 2.27. The summed E-state index contributed by atoms with van der Waals surface area (Å²) >= 11 is 0. The molecular formula is C14H14N4. The maximum atomic E-state index is 6.02. The Bertz CT molecular complexity index is 712. The molecule has 0 unspecified atom stereocenters. The van der Waals surface area contributed by atoms with Crippen LogP contribution < -0.4 is 22.9 Å². The predicted molar refractivity (Wildman–Crippen MR) is 79.1 cm³/mol. The normalized spacial score (nSPS) is 11.1. The summed E-state index contributed by atoms with van der Waals surface area (Å²) in [7, 11) is 0. The zero-order chi connectivity index (χ0) is 12.9. The van der Waals surface area contributed by atoms with Gasteiger partial charge in [-0.05, 0) is 22.9 Å². The summed E-state index contributed by atoms with van der Waals surface area (Å²) in [5, 5.41) is 3.89. The molecule has 0 heterocycles. The molecule has 18 heavy (non-hydrogen) atoms. The first kappa shape index (κ1) is 10.5. The van der Waals surface area contributed by atoms with Crippen LogP contribution in [-0.2, 0) is 0 Å². The molecule has 3 rings (SSSR count). The van der Waals surface area contributed by atoms with Gasteiger partial charge in [-0.15, -0.1) is 0 Å². The molecule has 0 radical (unpaired) electrons. The van der Waals surface area contributed by atoms with Gasteiger partial charge in [-0.25, -0.2) is 0 Å². The average Bonchev–Trinajstić information content (AvgIpc) is 2.41. The third-order valence-corrected chi connectivity index (χ3v) is 3.34. The third-order valence-electron chi connectivity index (χ3n) is 3.34. The van der Waals surface area contributed by atoms with Crippen LogP contribution in [0.1, 0.15) is 0 Å². The number of nitrogen functional groups attached to an aromatic ring is 4. The molecule has 0 aromatic heterocycles. The highest BCUT2D eigenvalue weighted by molar-refractivity contribution is 6.15. The summed E-state index contributed by atoms with van der Waals surface area (Å²) in [6.45, 7) is 0. The molecule has 0 aliphatic heterocycles. The van der Waals surface area contributed by atoms with Gasteiger partial charge < -0.3 is 22.9 Å². The molecule has 0 aliphatic carbocycles. The molecule has 4 heteroatoms. The summed E-state index contributed by atoms with van der Waals surface area (Å²) < 4.78 is 0. The Labute approximate surface area is 104 Å². The van der Waals surface area contributed by atoms with Gasteiger partial charge in [-0.2, -0.15) is 0 Å². The van der Waals surface area contributed by atoms with Crippen LogP contribution >= 0.6 is 0 Å². The number of nitrogens with two attached hydrogens (primary N) is 4. The molecule has 0 amide bonds. The minimum Gasteiger partial charge on any atom is -0.396 e. The van der Waals surface area contributed by atoms with Crippen LogP contribution in [0.5, 0.6) is 0 Å². The zero-order valence-electron chi connectivity index (χ0n) is 9.77. The van der Waals surface area contributed by atoms with Crippen LogP contribution in [0, 0.1) is 0 Å². The lowest BCUT2D eigenvalue weighted by atomic mass is 9.99. The molecule has 0 atom stereocenters. The van der Waals surface area contributed by atoms with Crippen molar-refractivity contribution in [2.24, 2.45) is 0 Å². The number of benzene rings is 3. The van der Waals surface area contributed by atoms with Crippen molar-refractivity contribution in [3.8, 4) is 0 Å². The lowest BCUT2D eigenvalue weighted by molar-refractivity contribution is 1.68. The average molecular weight is 238 g/mol. The van der Waals surface area contributed by atoms with E-state index in [2.05, 4.69) is 0 Å². The quantitative estimate of drug-likeness (QED) is 0.356. The van der Waals surface area contributed by atoms with E-state index in [0.717, 1.165) is 21.5 Å². The van der Waals surface area contributed by atoms with E-state index in [-0.39, 0.29) is 0 Å². The second-order valence-electron chi connectivity index (χ2n) is 4.40. The smallest absolute Gasteiger partial charge is 0.0809 e. The van der Waals surface area contributed by atoms with Crippen LogP contribution in [-0.4, -0.2) is 0 Å². The van der Waals surface area contributed by atoms with Crippen molar-refractivity contribution in [1.82, 2.24) is 0 Å². The van der Waals surface area contributed by atoms with Crippen molar-refractivity contribution >= 4 is 44.3 Å². The van der Waals surface area contributed by atoms with Crippen LogP contribution in [0.3, 0.4) is 0 Å². The fourth-order valence-electron chi connectivity index (χ4n) is 2.27. The second-order valence-corrected chi connectivity index (χ2v) is 4.40. The van der Waals surface area contributed by atoms with Gasteiger partial charge in [0.25, 0.3) is 0 Å². The lowest BCUT2D eigenvalue weighted by Gasteiger charge is -2.13. The molecule has 8 N–H and O–H groups in total. The van der Waals surface area contributed by atoms with E-state index in [1.54, 1.807) is 0 Å². The van der Waals surface area contributed by atoms with Crippen molar-refractivity contribution in [3.05, 3.63) is 36.4 Å². The summed E-state index contributed by atoms with van der Waals surface area (Å²) in [6.07, 6.45) is 0. The van der Waals surface area contributed by atoms with E-state index < -0.39 is 0 Å². The molecule has 3 aromatic rings. The molecule has 3 aromatic carbocycles. The molecule has 0 saturated heterocycles. The summed E-state index contributed by atoms with van der Waals surface area (Å²) in [5.74, 6) is 0. The van der Waals surface area contributed by atoms with E-state index in [1.165, 1.54) is 0 Å². The van der Waals surface area contributed by atoms with E-state index >= 15 is 0 Å². The molecule has 0 spiro atoms. The Morgan fingerprint density at radius 1 is 0.556 bits per heavy atom. The summed E-state index contributed by atoms with van der Waals surface area (Å²) in [6, 6.07) is 12.0. The van der Waals surface area contributed by atoms with Gasteiger partial charge >= 0.3 is 0 Å². The number of anilines is 4. The van der Waals surface area contributed by atoms with Crippen LogP contribution in [0.15, 0.2) is 36.4 Å². The summed E-state index contributed by atoms with van der Waals surface area (Å²) in [5.41, 5.74) is 25.5. The van der Waals surface area contributed by atoms with Crippen LogP contribution in [0.25, 0.3) is 21.5 Å². The fraction of sp³-hybridized carbons (Fsp3) is 0. The van der Waals surface area contributed by atoms with Crippen molar-refractivity contribution in [1.29, 1.82) is 0 Å². The van der Waals surface area contributed by atoms with E-state index in [9.17, 15) is 0 Å². The Morgan fingerprint density at radius 2 is 0.944 bits per heavy atom. The van der Waals surface area contributed by atoms with Crippen molar-refractivity contribution in [2.75, 3.05) is 22.9 Å². The van der Waals surface area contributed by atoms with Crippen LogP contribution in [0.4, 0.5) is 22.7 Å². The standard InChI is InChI=1S/C14H14N4/c15-11-9-5-7-3-1-2-4-8(7)6-10(9)12(16)14(18)13(11)17/h1-6H,15-18H2. The lowest BCUT2D eigenvalue weighted by Crippen LogP contribution is -2.05. The minimum absolute atomic E-state index is 0.357. The van der Waals surface area contributed by atoms with Crippen molar-refractivity contribution in [3.63, 3.8) is 0 Å². The predicted octanol–water partition coefficient (Wildman–Crippen LogP) is 2.32. The SMILES string of the molecule is Nc1c(N)c(N)c2cc3ccccc3cc2c1N. The molecule has 0 bridgehead atoms. The van der Waals surface area contributed by atoms with Gasteiger partial charge in [0.1, 0.15) is 0 Å². The Morgan fingerprint density at radius 3 is 1.33 bits per heavy atom. The highest BCUT2D eigenvalue weighted by Gasteiger charge is 2.12. The Hall–Kier alpha value is -2.62. The largest absolute Gasteiger partial charge is 0.396 e. The number of fused-ring (bicyclic) bond motifs is 2. The van der Waals surface area contributed by atoms with Gasteiger partial charge in [0.05, 0.1) is 22.7 Å². The van der Waals surface area contributed by atoms with Gasteiger partial charge in [0.15, 0.2) is 0 Å². The second kappa shape index (κ2) is 3.43. The Balaban J connectivity index is 2.58. The maximum absolute atomic E-state index is 6.02. The molecule has 90 valence electrons. The van der Waals surface area contributed by atoms with E-state index in [0.29, 0.717) is 22.7 Å². The third kappa shape index (κ3) is 1.26. The number of hydrogen-bond acceptors (Lipinski definition) is 4. The van der Waals surface area contributed by atoms with Crippen LogP contribution in [0.2, 0.25) is 0 Å². The van der Waals surface area contributed by atoms with E-state index in [1.807, 2.05) is 36.4 Å². The number of rotatable bonds is 0. The van der Waals surface area contributed by atoms with Gasteiger partial charge in [0, 0.05) is 10.8 Å². The first-order chi connectivity index (χ1) is 8.59. The first-order valence-electron chi connectivity index (χ1n) is 5.64. The molecule has 0 aliphatic rings. The van der Waals surface area contributed by atoms with Crippen molar-refractivity contribution in [2.45, 2.75) is 0 Å². The highest BCUT2D eigenvalue weighted by atomic mass is 14.8. The molecule has 0 fully saturated rings. The number of hydrogen-bond donors (Lipinski definition) is 4. The van der Waals surface area contributed by atoms with Gasteiger partial charge in [-0.1, -0.05) is 24.3 Å². The topological polar surface area (TPSA) is 104 Å². The maximum Gasteiger partial charge on any atom is 0.0809 e. The van der Waals surface area contributed by atoms with Gasteiger partial charge in [0.2, 0.25) is 0 Å². The molecule has 4 nitrogen and oxygen atoms in total. The Kier molecular flexibility index (Phi) is 2.01. The zero-order valence-corrected chi connectivity index (χ0v) is 9.77. The van der Waals surface area contributed by atoms with Crippen molar-refractivity contribution < 1.29 is 0 Å². The monoisotopic (exact) mass is 238 g/mol. The molecule has 0 saturated carbocycles. The summed E-state index contributed by atoms with van der Waals surface area (Å²) in [4.78, 5) is 0. The van der Waals surface area contributed by atoms with E-state index in [4.69, 9.17) is 22.9 Å². The molecular weight excluding hydrogens is 224 g/mol. The van der Waals surface area contributed by atoms with Gasteiger partial charge in [-0.3, -0.25) is 0 Å². The highest BCUT2D eigenvalue weighted by Crippen LogP contribution is 2.39. The first-order valence-corrected chi connectivity index (χ1v) is 5.64. The minimum atomic E-state index is 0.357.